The number of hydrogen-bond donors (Lipinski definition) is 0. The molecule has 0 aromatic rings. The summed E-state index contributed by atoms with van der Waals surface area (Å²) < 4.78 is 0. The maximum absolute atomic E-state index is 2.37. The van der Waals surface area contributed by atoms with Gasteiger partial charge in [-0.1, -0.05) is 13.8 Å². The predicted octanol–water partition coefficient (Wildman–Crippen LogP) is 2.44. The number of rotatable bonds is 1. The maximum atomic E-state index is 2.37. The maximum Gasteiger partial charge on any atom is -0.0243 e. The summed E-state index contributed by atoms with van der Waals surface area (Å²) in [4.78, 5) is 0. The Morgan fingerprint density at radius 1 is 1.50 bits per heavy atom. The zero-order valence-corrected chi connectivity index (χ0v) is 5.78. The second-order valence-corrected chi connectivity index (χ2v) is 3.83. The van der Waals surface area contributed by atoms with Gasteiger partial charge in [-0.25, -0.2) is 0 Å². The SMILES string of the molecule is CC(C)[C@@]12CCC1C2. The van der Waals surface area contributed by atoms with Gasteiger partial charge in [-0.15, -0.1) is 0 Å². The molecule has 0 amide bonds. The molecule has 0 radical (unpaired) electrons. The second kappa shape index (κ2) is 1.12. The third kappa shape index (κ3) is 0.340. The van der Waals surface area contributed by atoms with Crippen LogP contribution in [0.25, 0.3) is 0 Å². The van der Waals surface area contributed by atoms with Gasteiger partial charge in [0.25, 0.3) is 0 Å². The van der Waals surface area contributed by atoms with Crippen LogP contribution in [0.15, 0.2) is 0 Å². The molecule has 0 aliphatic heterocycles. The van der Waals surface area contributed by atoms with Gasteiger partial charge in [-0.3, -0.25) is 0 Å². The highest BCUT2D eigenvalue weighted by Crippen LogP contribution is 2.71. The molecule has 2 saturated carbocycles. The Balaban J connectivity index is 2.07. The van der Waals surface area contributed by atoms with Crippen molar-refractivity contribution in [3.63, 3.8) is 0 Å². The van der Waals surface area contributed by atoms with Crippen molar-refractivity contribution in [3.8, 4) is 0 Å². The zero-order chi connectivity index (χ0) is 5.78. The van der Waals surface area contributed by atoms with Gasteiger partial charge in [0.2, 0.25) is 0 Å². The van der Waals surface area contributed by atoms with Crippen molar-refractivity contribution in [2.45, 2.75) is 33.1 Å². The van der Waals surface area contributed by atoms with Crippen LogP contribution in [0.2, 0.25) is 0 Å². The van der Waals surface area contributed by atoms with E-state index in [1.165, 1.54) is 18.8 Å². The fraction of sp³-hybridized carbons (Fsp3) is 1.00. The summed E-state index contributed by atoms with van der Waals surface area (Å²) in [5, 5.41) is 0. The molecule has 0 bridgehead atoms. The van der Waals surface area contributed by atoms with Gasteiger partial charge in [-0.05, 0) is 36.5 Å². The minimum Gasteiger partial charge on any atom is -0.0622 e. The number of fused-ring (bicyclic) bond motifs is 1. The quantitative estimate of drug-likeness (QED) is 0.486. The summed E-state index contributed by atoms with van der Waals surface area (Å²) in [5.41, 5.74) is 0.889. The van der Waals surface area contributed by atoms with E-state index in [1.54, 1.807) is 6.42 Å². The van der Waals surface area contributed by atoms with Crippen molar-refractivity contribution < 1.29 is 0 Å². The normalized spacial score (nSPS) is 50.6. The molecule has 0 nitrogen and oxygen atoms in total. The Bertz CT molecular complexity index is 111. The average molecular weight is 110 g/mol. The van der Waals surface area contributed by atoms with Crippen LogP contribution >= 0.6 is 0 Å². The molecule has 0 aromatic carbocycles. The lowest BCUT2D eigenvalue weighted by Crippen LogP contribution is -2.20. The summed E-state index contributed by atoms with van der Waals surface area (Å²) in [7, 11) is 0. The highest BCUT2D eigenvalue weighted by atomic mass is 14.7. The Hall–Kier alpha value is 0. The van der Waals surface area contributed by atoms with Crippen molar-refractivity contribution >= 4 is 0 Å². The molecule has 0 aromatic heterocycles. The summed E-state index contributed by atoms with van der Waals surface area (Å²) >= 11 is 0. The topological polar surface area (TPSA) is 0 Å². The van der Waals surface area contributed by atoms with E-state index in [0.717, 1.165) is 11.3 Å². The fourth-order valence-electron chi connectivity index (χ4n) is 2.32. The van der Waals surface area contributed by atoms with Crippen LogP contribution < -0.4 is 0 Å². The fourth-order valence-corrected chi connectivity index (χ4v) is 2.32. The van der Waals surface area contributed by atoms with E-state index in [4.69, 9.17) is 0 Å². The highest BCUT2D eigenvalue weighted by Gasteiger charge is 2.61. The molecule has 2 aliphatic rings. The Morgan fingerprint density at radius 3 is 2.25 bits per heavy atom. The smallest absolute Gasteiger partial charge is 0.0243 e. The van der Waals surface area contributed by atoms with Crippen molar-refractivity contribution in [1.82, 2.24) is 0 Å². The van der Waals surface area contributed by atoms with Crippen LogP contribution in [0.4, 0.5) is 0 Å². The monoisotopic (exact) mass is 110 g/mol. The minimum absolute atomic E-state index is 0.889. The Labute approximate surface area is 51.3 Å². The lowest BCUT2D eigenvalue weighted by molar-refractivity contribution is 0.210. The highest BCUT2D eigenvalue weighted by molar-refractivity contribution is 5.11. The first kappa shape index (κ1) is 4.84. The molecule has 0 heteroatoms. The van der Waals surface area contributed by atoms with E-state index >= 15 is 0 Å². The first-order valence-corrected chi connectivity index (χ1v) is 3.76. The van der Waals surface area contributed by atoms with Crippen LogP contribution in [0.3, 0.4) is 0 Å². The van der Waals surface area contributed by atoms with Crippen molar-refractivity contribution in [3.05, 3.63) is 0 Å². The van der Waals surface area contributed by atoms with E-state index in [2.05, 4.69) is 13.8 Å². The molecule has 0 saturated heterocycles. The van der Waals surface area contributed by atoms with Gasteiger partial charge in [-0.2, -0.15) is 0 Å². The average Bonchev–Trinajstić information content (AvgIpc) is 2.10. The van der Waals surface area contributed by atoms with Crippen molar-refractivity contribution in [2.24, 2.45) is 17.3 Å². The molecular formula is C8H14. The van der Waals surface area contributed by atoms with E-state index in [9.17, 15) is 0 Å². The molecule has 2 rings (SSSR count). The molecule has 0 heterocycles. The summed E-state index contributed by atoms with van der Waals surface area (Å²) in [6.45, 7) is 4.75. The van der Waals surface area contributed by atoms with E-state index in [0.29, 0.717) is 0 Å². The predicted molar refractivity (Wildman–Crippen MR) is 34.6 cm³/mol. The summed E-state index contributed by atoms with van der Waals surface area (Å²) in [6, 6.07) is 0. The lowest BCUT2D eigenvalue weighted by atomic mass is 9.76. The molecule has 2 fully saturated rings. The minimum atomic E-state index is 0.889. The molecule has 0 N–H and O–H groups in total. The molecule has 1 unspecified atom stereocenters. The van der Waals surface area contributed by atoms with Crippen LogP contribution in [-0.4, -0.2) is 0 Å². The van der Waals surface area contributed by atoms with Crippen LogP contribution in [-0.2, 0) is 0 Å². The van der Waals surface area contributed by atoms with Gasteiger partial charge in [0.05, 0.1) is 0 Å². The van der Waals surface area contributed by atoms with Crippen LogP contribution in [0.1, 0.15) is 33.1 Å². The molecule has 8 heavy (non-hydrogen) atoms. The Morgan fingerprint density at radius 2 is 2.25 bits per heavy atom. The van der Waals surface area contributed by atoms with E-state index < -0.39 is 0 Å². The van der Waals surface area contributed by atoms with Gasteiger partial charge in [0.1, 0.15) is 0 Å². The third-order valence-electron chi connectivity index (χ3n) is 3.39. The summed E-state index contributed by atoms with van der Waals surface area (Å²) in [5.74, 6) is 2.14. The van der Waals surface area contributed by atoms with Gasteiger partial charge in [0.15, 0.2) is 0 Å². The summed E-state index contributed by atoms with van der Waals surface area (Å²) in [6.07, 6.45) is 4.64. The van der Waals surface area contributed by atoms with Gasteiger partial charge < -0.3 is 0 Å². The van der Waals surface area contributed by atoms with Gasteiger partial charge in [0, 0.05) is 0 Å². The van der Waals surface area contributed by atoms with Crippen molar-refractivity contribution in [1.29, 1.82) is 0 Å². The lowest BCUT2D eigenvalue weighted by Gasteiger charge is -2.29. The number of hydrogen-bond acceptors (Lipinski definition) is 0. The molecule has 2 atom stereocenters. The van der Waals surface area contributed by atoms with Crippen LogP contribution in [0.5, 0.6) is 0 Å². The van der Waals surface area contributed by atoms with E-state index in [-0.39, 0.29) is 0 Å². The van der Waals surface area contributed by atoms with Crippen molar-refractivity contribution in [2.75, 3.05) is 0 Å². The largest absolute Gasteiger partial charge is 0.0622 e. The molecule has 46 valence electrons. The van der Waals surface area contributed by atoms with Gasteiger partial charge >= 0.3 is 0 Å². The van der Waals surface area contributed by atoms with Crippen LogP contribution in [0, 0.1) is 17.3 Å². The first-order chi connectivity index (χ1) is 3.76. The molecular weight excluding hydrogens is 96.1 g/mol. The molecule has 2 aliphatic carbocycles. The first-order valence-electron chi connectivity index (χ1n) is 3.76. The Kier molecular flexibility index (Phi) is 0.678. The third-order valence-corrected chi connectivity index (χ3v) is 3.39. The molecule has 0 spiro atoms. The second-order valence-electron chi connectivity index (χ2n) is 3.83. The standard InChI is InChI=1S/C8H14/c1-6(2)8-4-3-7(8)5-8/h6-7H,3-5H2,1-2H3/t7?,8-/m0/s1. The van der Waals surface area contributed by atoms with E-state index in [1.807, 2.05) is 0 Å². The zero-order valence-electron chi connectivity index (χ0n) is 5.78.